The first-order valence-electron chi connectivity index (χ1n) is 7.85. The molecule has 4 nitrogen and oxygen atoms in total. The fourth-order valence-electron chi connectivity index (χ4n) is 3.28. The first-order chi connectivity index (χ1) is 10.2. The first-order valence-corrected chi connectivity index (χ1v) is 8.73. The van der Waals surface area contributed by atoms with Crippen molar-refractivity contribution >= 4 is 22.3 Å². The quantitative estimate of drug-likeness (QED) is 0.795. The second kappa shape index (κ2) is 6.18. The summed E-state index contributed by atoms with van der Waals surface area (Å²) in [4.78, 5) is 17.5. The van der Waals surface area contributed by atoms with E-state index in [0.29, 0.717) is 13.0 Å². The van der Waals surface area contributed by atoms with Crippen LogP contribution in [0.15, 0.2) is 5.38 Å². The van der Waals surface area contributed by atoms with Crippen molar-refractivity contribution in [3.05, 3.63) is 22.5 Å². The average molecular weight is 306 g/mol. The van der Waals surface area contributed by atoms with Gasteiger partial charge in [-0.25, -0.2) is 4.98 Å². The van der Waals surface area contributed by atoms with Crippen LogP contribution in [0.25, 0.3) is 4.96 Å². The molecule has 0 aliphatic heterocycles. The van der Waals surface area contributed by atoms with Crippen LogP contribution in [0.4, 0.5) is 0 Å². The summed E-state index contributed by atoms with van der Waals surface area (Å²) in [6, 6.07) is 0. The first kappa shape index (κ1) is 14.6. The van der Waals surface area contributed by atoms with Gasteiger partial charge in [0.25, 0.3) is 0 Å². The second-order valence-corrected chi connectivity index (χ2v) is 6.57. The van der Waals surface area contributed by atoms with E-state index in [1.165, 1.54) is 30.7 Å². The van der Waals surface area contributed by atoms with E-state index in [4.69, 9.17) is 9.72 Å². The Morgan fingerprint density at radius 3 is 3.14 bits per heavy atom. The van der Waals surface area contributed by atoms with Gasteiger partial charge in [-0.05, 0) is 32.1 Å². The Kier molecular flexibility index (Phi) is 4.29. The van der Waals surface area contributed by atoms with Gasteiger partial charge >= 0.3 is 5.97 Å². The number of hydrogen-bond acceptors (Lipinski definition) is 4. The molecule has 0 N–H and O–H groups in total. The Balaban J connectivity index is 1.90. The summed E-state index contributed by atoms with van der Waals surface area (Å²) in [6.45, 7) is 4.53. The van der Waals surface area contributed by atoms with Crippen molar-refractivity contribution in [1.29, 1.82) is 0 Å². The summed E-state index contributed by atoms with van der Waals surface area (Å²) < 4.78 is 7.28. The van der Waals surface area contributed by atoms with Crippen LogP contribution in [0.1, 0.15) is 50.2 Å². The molecule has 5 heteroatoms. The van der Waals surface area contributed by atoms with Crippen LogP contribution in [-0.4, -0.2) is 22.0 Å². The van der Waals surface area contributed by atoms with Crippen LogP contribution in [0.5, 0.6) is 0 Å². The van der Waals surface area contributed by atoms with E-state index in [2.05, 4.69) is 11.3 Å². The lowest BCUT2D eigenvalue weighted by molar-refractivity contribution is -0.142. The summed E-state index contributed by atoms with van der Waals surface area (Å²) in [5.74, 6) is 0.610. The zero-order valence-electron chi connectivity index (χ0n) is 12.7. The summed E-state index contributed by atoms with van der Waals surface area (Å²) >= 11 is 1.63. The lowest BCUT2D eigenvalue weighted by Crippen LogP contribution is -2.16. The predicted octanol–water partition coefficient (Wildman–Crippen LogP) is 3.41. The molecule has 0 amide bonds. The fourth-order valence-corrected chi connectivity index (χ4v) is 4.21. The number of fused-ring (bicyclic) bond motifs is 3. The van der Waals surface area contributed by atoms with Gasteiger partial charge in [-0.15, -0.1) is 11.3 Å². The highest BCUT2D eigenvalue weighted by atomic mass is 32.1. The van der Waals surface area contributed by atoms with E-state index in [0.717, 1.165) is 29.4 Å². The zero-order chi connectivity index (χ0) is 14.8. The number of ether oxygens (including phenoxy) is 1. The monoisotopic (exact) mass is 306 g/mol. The van der Waals surface area contributed by atoms with Crippen LogP contribution in [0.2, 0.25) is 0 Å². The number of esters is 1. The lowest BCUT2D eigenvalue weighted by Gasteiger charge is -2.21. The van der Waals surface area contributed by atoms with Gasteiger partial charge in [-0.3, -0.25) is 9.20 Å². The minimum atomic E-state index is -0.152. The predicted molar refractivity (Wildman–Crippen MR) is 83.8 cm³/mol. The molecule has 3 rings (SSSR count). The van der Waals surface area contributed by atoms with Crippen molar-refractivity contribution in [2.24, 2.45) is 5.92 Å². The Morgan fingerprint density at radius 2 is 2.38 bits per heavy atom. The molecule has 2 heterocycles. The third-order valence-corrected chi connectivity index (χ3v) is 5.09. The maximum atomic E-state index is 11.8. The topological polar surface area (TPSA) is 43.6 Å². The molecule has 0 saturated carbocycles. The van der Waals surface area contributed by atoms with E-state index >= 15 is 0 Å². The van der Waals surface area contributed by atoms with Crippen molar-refractivity contribution in [2.45, 2.75) is 52.4 Å². The maximum absolute atomic E-state index is 11.8. The van der Waals surface area contributed by atoms with Crippen molar-refractivity contribution in [3.8, 4) is 0 Å². The molecule has 0 aromatic carbocycles. The van der Waals surface area contributed by atoms with Gasteiger partial charge in [0.1, 0.15) is 0 Å². The Labute approximate surface area is 129 Å². The molecule has 1 aliphatic carbocycles. The molecule has 1 unspecified atom stereocenters. The lowest BCUT2D eigenvalue weighted by atomic mass is 9.86. The summed E-state index contributed by atoms with van der Waals surface area (Å²) in [5.41, 5.74) is 3.59. The molecule has 1 aliphatic rings. The maximum Gasteiger partial charge on any atom is 0.311 e. The summed E-state index contributed by atoms with van der Waals surface area (Å²) in [5, 5.41) is 2.04. The van der Waals surface area contributed by atoms with Gasteiger partial charge in [0, 0.05) is 16.8 Å². The molecule has 0 spiro atoms. The number of carbonyl (C=O) groups excluding carboxylic acids is 1. The van der Waals surface area contributed by atoms with Crippen LogP contribution in [0, 0.1) is 5.92 Å². The van der Waals surface area contributed by atoms with Crippen molar-refractivity contribution < 1.29 is 9.53 Å². The fraction of sp³-hybridized carbons (Fsp3) is 0.625. The Morgan fingerprint density at radius 1 is 1.52 bits per heavy atom. The van der Waals surface area contributed by atoms with Gasteiger partial charge in [-0.1, -0.05) is 19.8 Å². The molecule has 1 atom stereocenters. The van der Waals surface area contributed by atoms with E-state index in [-0.39, 0.29) is 5.97 Å². The largest absolute Gasteiger partial charge is 0.466 e. The number of imidazole rings is 1. The van der Waals surface area contributed by atoms with Crippen molar-refractivity contribution in [2.75, 3.05) is 6.61 Å². The molecule has 0 bridgehead atoms. The third-order valence-electron chi connectivity index (χ3n) is 4.21. The second-order valence-electron chi connectivity index (χ2n) is 5.73. The summed E-state index contributed by atoms with van der Waals surface area (Å²) in [6.07, 6.45) is 6.28. The van der Waals surface area contributed by atoms with Crippen molar-refractivity contribution in [1.82, 2.24) is 9.38 Å². The average Bonchev–Trinajstić information content (AvgIpc) is 2.99. The standard InChI is InChI=1S/C16H22N2O2S/c1-3-5-11-6-7-13-14(8-11)18-12(9-15(19)20-4-2)10-21-16(18)17-13/h10-11H,3-9H2,1-2H3. The van der Waals surface area contributed by atoms with Gasteiger partial charge in [0.15, 0.2) is 4.96 Å². The highest BCUT2D eigenvalue weighted by Gasteiger charge is 2.25. The van der Waals surface area contributed by atoms with Crippen molar-refractivity contribution in [3.63, 3.8) is 0 Å². The number of carbonyl (C=O) groups is 1. The number of aryl methyl sites for hydroxylation is 1. The highest BCUT2D eigenvalue weighted by molar-refractivity contribution is 7.15. The number of nitrogens with zero attached hydrogens (tertiary/aromatic N) is 2. The SMILES string of the molecule is CCCC1CCc2nc3scc(CC(=O)OCC)n3c2C1. The number of aromatic nitrogens is 2. The minimum Gasteiger partial charge on any atom is -0.466 e. The normalized spacial score (nSPS) is 17.9. The van der Waals surface area contributed by atoms with Gasteiger partial charge in [0.05, 0.1) is 18.7 Å². The molecular formula is C16H22N2O2S. The molecule has 0 radical (unpaired) electrons. The Bertz CT molecular complexity index is 644. The van der Waals surface area contributed by atoms with Crippen LogP contribution in [-0.2, 0) is 28.8 Å². The number of hydrogen-bond donors (Lipinski definition) is 0. The van der Waals surface area contributed by atoms with Gasteiger partial charge < -0.3 is 4.74 Å². The van der Waals surface area contributed by atoms with Gasteiger partial charge in [0.2, 0.25) is 0 Å². The smallest absolute Gasteiger partial charge is 0.311 e. The Hall–Kier alpha value is -1.36. The molecule has 21 heavy (non-hydrogen) atoms. The van der Waals surface area contributed by atoms with Crippen LogP contribution in [0.3, 0.4) is 0 Å². The summed E-state index contributed by atoms with van der Waals surface area (Å²) in [7, 11) is 0. The van der Waals surface area contributed by atoms with Crippen LogP contribution >= 0.6 is 11.3 Å². The van der Waals surface area contributed by atoms with E-state index in [1.807, 2.05) is 12.3 Å². The molecular weight excluding hydrogens is 284 g/mol. The molecule has 2 aromatic rings. The molecule has 2 aromatic heterocycles. The highest BCUT2D eigenvalue weighted by Crippen LogP contribution is 2.31. The van der Waals surface area contributed by atoms with Gasteiger partial charge in [-0.2, -0.15) is 0 Å². The zero-order valence-corrected chi connectivity index (χ0v) is 13.5. The van der Waals surface area contributed by atoms with E-state index < -0.39 is 0 Å². The number of rotatable bonds is 5. The van der Waals surface area contributed by atoms with E-state index in [9.17, 15) is 4.79 Å². The molecule has 0 saturated heterocycles. The van der Waals surface area contributed by atoms with Crippen LogP contribution < -0.4 is 0 Å². The third kappa shape index (κ3) is 2.84. The van der Waals surface area contributed by atoms with E-state index in [1.54, 1.807) is 11.3 Å². The number of thiazole rings is 1. The molecule has 0 fully saturated rings. The molecule has 114 valence electrons. The minimum absolute atomic E-state index is 0.152.